The monoisotopic (exact) mass is 261 g/mol. The van der Waals surface area contributed by atoms with Crippen molar-refractivity contribution in [1.82, 2.24) is 0 Å². The Hall–Kier alpha value is 0.110. The van der Waals surface area contributed by atoms with Gasteiger partial charge < -0.3 is 5.73 Å². The maximum Gasteiger partial charge on any atom is 0.0553 e. The summed E-state index contributed by atoms with van der Waals surface area (Å²) in [5, 5.41) is 0. The first-order valence-corrected chi connectivity index (χ1v) is 8.51. The van der Waals surface area contributed by atoms with Crippen LogP contribution in [0.3, 0.4) is 0 Å². The van der Waals surface area contributed by atoms with E-state index in [1.54, 1.807) is 0 Å². The van der Waals surface area contributed by atoms with E-state index in [9.17, 15) is 4.21 Å². The largest absolute Gasteiger partial charge is 0.329 e. The van der Waals surface area contributed by atoms with Crippen molar-refractivity contribution in [2.24, 2.45) is 5.73 Å². The highest BCUT2D eigenvalue weighted by molar-refractivity contribution is 7.86. The Bertz CT molecular complexity index is 208. The molecule has 0 aliphatic rings. The molecule has 3 heteroatoms. The van der Waals surface area contributed by atoms with Crippen LogP contribution in [0.15, 0.2) is 0 Å². The molecule has 0 heterocycles. The second-order valence-electron chi connectivity index (χ2n) is 5.22. The van der Waals surface area contributed by atoms with Gasteiger partial charge in [0.05, 0.1) is 4.75 Å². The maximum atomic E-state index is 12.1. The van der Waals surface area contributed by atoms with E-state index in [0.29, 0.717) is 6.54 Å². The van der Waals surface area contributed by atoms with Crippen LogP contribution in [-0.2, 0) is 10.8 Å². The zero-order chi connectivity index (χ0) is 13.1. The third-order valence-corrected chi connectivity index (χ3v) is 5.68. The van der Waals surface area contributed by atoms with Gasteiger partial charge in [-0.05, 0) is 19.8 Å². The van der Waals surface area contributed by atoms with E-state index in [1.165, 1.54) is 38.5 Å². The van der Waals surface area contributed by atoms with Crippen LogP contribution in [0.25, 0.3) is 0 Å². The molecule has 0 amide bonds. The molecule has 0 spiro atoms. The summed E-state index contributed by atoms with van der Waals surface area (Å²) in [6.07, 6.45) is 9.73. The van der Waals surface area contributed by atoms with Crippen molar-refractivity contribution < 1.29 is 4.21 Å². The predicted octanol–water partition coefficient (Wildman–Crippen LogP) is 3.61. The van der Waals surface area contributed by atoms with Crippen LogP contribution >= 0.6 is 0 Å². The van der Waals surface area contributed by atoms with E-state index < -0.39 is 10.8 Å². The Kier molecular flexibility index (Phi) is 10.1. The van der Waals surface area contributed by atoms with Crippen molar-refractivity contribution in [1.29, 1.82) is 0 Å². The molecule has 2 N–H and O–H groups in total. The quantitative estimate of drug-likeness (QED) is 0.577. The van der Waals surface area contributed by atoms with Gasteiger partial charge in [-0.2, -0.15) is 0 Å². The second-order valence-corrected chi connectivity index (χ2v) is 7.31. The lowest BCUT2D eigenvalue weighted by molar-refractivity contribution is 0.508. The van der Waals surface area contributed by atoms with Crippen molar-refractivity contribution in [2.75, 3.05) is 12.3 Å². The van der Waals surface area contributed by atoms with Gasteiger partial charge in [0.2, 0.25) is 0 Å². The third-order valence-electron chi connectivity index (χ3n) is 3.43. The smallest absolute Gasteiger partial charge is 0.0553 e. The predicted molar refractivity (Wildman–Crippen MR) is 78.8 cm³/mol. The van der Waals surface area contributed by atoms with E-state index in [4.69, 9.17) is 5.73 Å². The summed E-state index contributed by atoms with van der Waals surface area (Å²) in [5.74, 6) is 0.795. The Balaban J connectivity index is 3.83. The van der Waals surface area contributed by atoms with Crippen molar-refractivity contribution >= 4 is 10.8 Å². The molecular formula is C14H31NOS. The molecule has 0 saturated heterocycles. The highest BCUT2D eigenvalue weighted by Gasteiger charge is 2.28. The minimum absolute atomic E-state index is 0.152. The molecule has 0 bridgehead atoms. The maximum absolute atomic E-state index is 12.1. The fourth-order valence-corrected chi connectivity index (χ4v) is 3.44. The van der Waals surface area contributed by atoms with Crippen molar-refractivity contribution in [3.05, 3.63) is 0 Å². The molecule has 2 atom stereocenters. The number of rotatable bonds is 11. The number of hydrogen-bond acceptors (Lipinski definition) is 2. The Morgan fingerprint density at radius 3 is 2.12 bits per heavy atom. The lowest BCUT2D eigenvalue weighted by Gasteiger charge is -2.27. The summed E-state index contributed by atoms with van der Waals surface area (Å²) in [5.41, 5.74) is 5.81. The van der Waals surface area contributed by atoms with Crippen molar-refractivity contribution in [2.45, 2.75) is 76.9 Å². The third kappa shape index (κ3) is 7.20. The fraction of sp³-hybridized carbons (Fsp3) is 1.00. The van der Waals surface area contributed by atoms with Gasteiger partial charge in [-0.1, -0.05) is 52.4 Å². The first kappa shape index (κ1) is 17.1. The van der Waals surface area contributed by atoms with Crippen LogP contribution in [-0.4, -0.2) is 21.3 Å². The van der Waals surface area contributed by atoms with Crippen LogP contribution in [0, 0.1) is 0 Å². The molecule has 0 aliphatic heterocycles. The van der Waals surface area contributed by atoms with Gasteiger partial charge in [-0.25, -0.2) is 0 Å². The number of hydrogen-bond donors (Lipinski definition) is 1. The molecule has 0 rings (SSSR count). The van der Waals surface area contributed by atoms with E-state index in [2.05, 4.69) is 20.8 Å². The molecule has 0 aromatic rings. The number of nitrogens with two attached hydrogens (primary N) is 1. The van der Waals surface area contributed by atoms with Gasteiger partial charge in [-0.15, -0.1) is 0 Å². The molecule has 0 aromatic heterocycles. The van der Waals surface area contributed by atoms with Gasteiger partial charge in [-0.3, -0.25) is 4.21 Å². The fourth-order valence-electron chi connectivity index (χ4n) is 2.02. The summed E-state index contributed by atoms with van der Waals surface area (Å²) in [7, 11) is -0.757. The van der Waals surface area contributed by atoms with Crippen LogP contribution in [0.1, 0.15) is 72.1 Å². The van der Waals surface area contributed by atoms with E-state index in [-0.39, 0.29) is 4.75 Å². The molecular weight excluding hydrogens is 230 g/mol. The molecule has 0 aliphatic carbocycles. The summed E-state index contributed by atoms with van der Waals surface area (Å²) in [6.45, 7) is 6.96. The number of unbranched alkanes of at least 4 members (excludes halogenated alkanes) is 5. The highest BCUT2D eigenvalue weighted by atomic mass is 32.2. The standard InChI is InChI=1S/C14H31NOS/c1-4-6-7-8-9-10-11-14(3,13-15)17(16)12-5-2/h4-13,15H2,1-3H3/t14-,17?/m1/s1. The molecule has 1 unspecified atom stereocenters. The zero-order valence-electron chi connectivity index (χ0n) is 12.0. The van der Waals surface area contributed by atoms with E-state index >= 15 is 0 Å². The van der Waals surface area contributed by atoms with Crippen molar-refractivity contribution in [3.63, 3.8) is 0 Å². The Morgan fingerprint density at radius 1 is 1.00 bits per heavy atom. The second kappa shape index (κ2) is 10.1. The van der Waals surface area contributed by atoms with Gasteiger partial charge >= 0.3 is 0 Å². The van der Waals surface area contributed by atoms with Crippen LogP contribution in [0.4, 0.5) is 0 Å². The minimum atomic E-state index is -0.757. The lowest BCUT2D eigenvalue weighted by atomic mass is 10.0. The van der Waals surface area contributed by atoms with Crippen LogP contribution < -0.4 is 5.73 Å². The first-order valence-electron chi connectivity index (χ1n) is 7.19. The summed E-state index contributed by atoms with van der Waals surface area (Å²) >= 11 is 0. The van der Waals surface area contributed by atoms with Crippen molar-refractivity contribution in [3.8, 4) is 0 Å². The first-order chi connectivity index (χ1) is 8.10. The molecule has 0 fully saturated rings. The molecule has 0 radical (unpaired) electrons. The normalized spacial score (nSPS) is 16.7. The van der Waals surface area contributed by atoms with E-state index in [0.717, 1.165) is 18.6 Å². The SMILES string of the molecule is CCCCCCCC[C@](C)(CN)S(=O)CCC. The van der Waals surface area contributed by atoms with E-state index in [1.807, 2.05) is 0 Å². The van der Waals surface area contributed by atoms with Gasteiger partial charge in [0.1, 0.15) is 0 Å². The molecule has 0 saturated carbocycles. The van der Waals surface area contributed by atoms with Gasteiger partial charge in [0.15, 0.2) is 0 Å². The lowest BCUT2D eigenvalue weighted by Crippen LogP contribution is -2.40. The molecule has 2 nitrogen and oxygen atoms in total. The average Bonchev–Trinajstić information content (AvgIpc) is 2.33. The minimum Gasteiger partial charge on any atom is -0.329 e. The van der Waals surface area contributed by atoms with Gasteiger partial charge in [0.25, 0.3) is 0 Å². The Labute approximate surface area is 110 Å². The van der Waals surface area contributed by atoms with Crippen LogP contribution in [0.2, 0.25) is 0 Å². The summed E-state index contributed by atoms with van der Waals surface area (Å²) in [6, 6.07) is 0. The average molecular weight is 261 g/mol. The zero-order valence-corrected chi connectivity index (χ0v) is 12.8. The van der Waals surface area contributed by atoms with Gasteiger partial charge in [0, 0.05) is 23.1 Å². The highest BCUT2D eigenvalue weighted by Crippen LogP contribution is 2.22. The molecule has 17 heavy (non-hydrogen) atoms. The molecule has 0 aromatic carbocycles. The Morgan fingerprint density at radius 2 is 1.59 bits per heavy atom. The summed E-state index contributed by atoms with van der Waals surface area (Å²) < 4.78 is 11.9. The van der Waals surface area contributed by atoms with Crippen LogP contribution in [0.5, 0.6) is 0 Å². The summed E-state index contributed by atoms with van der Waals surface area (Å²) in [4.78, 5) is 0. The topological polar surface area (TPSA) is 43.1 Å². The molecule has 104 valence electrons.